The quantitative estimate of drug-likeness (QED) is 0.154. The molecule has 2 atom stereocenters. The fourth-order valence-corrected chi connectivity index (χ4v) is 15.0. The molecular formula is C73H70BN3. The first-order chi connectivity index (χ1) is 37.0. The minimum atomic E-state index is -0.141. The van der Waals surface area contributed by atoms with Gasteiger partial charge in [0.15, 0.2) is 0 Å². The van der Waals surface area contributed by atoms with Crippen LogP contribution in [0.2, 0.25) is 0 Å². The first-order valence-corrected chi connectivity index (χ1v) is 28.5. The van der Waals surface area contributed by atoms with E-state index in [-0.39, 0.29) is 33.9 Å². The average molecular weight is 1000 g/mol. The number of fused-ring (bicyclic) bond motifs is 8. The molecule has 1 fully saturated rings. The Labute approximate surface area is 458 Å². The maximum atomic E-state index is 2.79. The van der Waals surface area contributed by atoms with Crippen LogP contribution in [0.4, 0.5) is 45.5 Å². The van der Waals surface area contributed by atoms with E-state index in [1.807, 2.05) is 0 Å². The van der Waals surface area contributed by atoms with E-state index in [0.717, 1.165) is 24.9 Å². The number of para-hydroxylation sites is 1. The summed E-state index contributed by atoms with van der Waals surface area (Å²) in [4.78, 5) is 8.18. The van der Waals surface area contributed by atoms with Gasteiger partial charge in [0.25, 0.3) is 6.71 Å². The Kier molecular flexibility index (Phi) is 10.5. The lowest BCUT2D eigenvalue weighted by Gasteiger charge is -2.49. The number of benzene rings is 9. The van der Waals surface area contributed by atoms with Crippen LogP contribution in [-0.2, 0) is 21.7 Å². The Hall–Kier alpha value is -7.56. The SMILES string of the molecule is CC(C)(C)c1ccc(N2c3cc4c(cc3B3c5ccc(-c6ccccc6)cc5N(c5cccc(-c6ccccc6)c5)c5cc(N6c7ccccc7C7(C)CCCC67C)cc2c53)C(C)(C)CCC4(C)C)c(-c2ccccc2)c1. The summed E-state index contributed by atoms with van der Waals surface area (Å²) in [6.45, 7) is 22.1. The molecule has 4 heteroatoms. The van der Waals surface area contributed by atoms with Gasteiger partial charge in [0.05, 0.1) is 11.2 Å². The lowest BCUT2D eigenvalue weighted by molar-refractivity contribution is 0.330. The highest BCUT2D eigenvalue weighted by molar-refractivity contribution is 7.00. The molecular weight excluding hydrogens is 930 g/mol. The van der Waals surface area contributed by atoms with Crippen LogP contribution in [0, 0.1) is 0 Å². The topological polar surface area (TPSA) is 9.72 Å². The molecule has 0 amide bonds. The van der Waals surface area contributed by atoms with E-state index in [1.54, 1.807) is 0 Å². The van der Waals surface area contributed by atoms with Gasteiger partial charge in [-0.2, -0.15) is 0 Å². The van der Waals surface area contributed by atoms with Gasteiger partial charge in [-0.05, 0) is 170 Å². The van der Waals surface area contributed by atoms with Crippen LogP contribution in [0.3, 0.4) is 0 Å². The molecule has 9 aromatic carbocycles. The number of nitrogens with zero attached hydrogens (tertiary/aromatic N) is 3. The fraction of sp³-hybridized carbons (Fsp3) is 0.260. The lowest BCUT2D eigenvalue weighted by atomic mass is 9.33. The number of rotatable bonds is 6. The summed E-state index contributed by atoms with van der Waals surface area (Å²) < 4.78 is 0. The van der Waals surface area contributed by atoms with Gasteiger partial charge in [0.1, 0.15) is 0 Å². The summed E-state index contributed by atoms with van der Waals surface area (Å²) in [6.07, 6.45) is 5.78. The first-order valence-electron chi connectivity index (χ1n) is 28.5. The van der Waals surface area contributed by atoms with Gasteiger partial charge in [0, 0.05) is 50.8 Å². The van der Waals surface area contributed by atoms with Crippen molar-refractivity contribution in [2.45, 2.75) is 122 Å². The fourth-order valence-electron chi connectivity index (χ4n) is 15.0. The molecule has 380 valence electrons. The molecule has 2 unspecified atom stereocenters. The monoisotopic (exact) mass is 1000 g/mol. The predicted molar refractivity (Wildman–Crippen MR) is 329 cm³/mol. The van der Waals surface area contributed by atoms with Crippen molar-refractivity contribution in [3.8, 4) is 33.4 Å². The normalized spacial score (nSPS) is 20.2. The van der Waals surface area contributed by atoms with Crippen LogP contribution in [0.25, 0.3) is 33.4 Å². The van der Waals surface area contributed by atoms with Crippen molar-refractivity contribution in [3.05, 3.63) is 222 Å². The Morgan fingerprint density at radius 3 is 1.65 bits per heavy atom. The number of hydrogen-bond acceptors (Lipinski definition) is 3. The van der Waals surface area contributed by atoms with Crippen LogP contribution in [0.15, 0.2) is 200 Å². The average Bonchev–Trinajstić information content (AvgIpc) is 3.86. The van der Waals surface area contributed by atoms with E-state index >= 15 is 0 Å². The maximum absolute atomic E-state index is 2.79. The van der Waals surface area contributed by atoms with Gasteiger partial charge >= 0.3 is 0 Å². The third kappa shape index (κ3) is 7.16. The standard InChI is InChI=1S/C73H70BN3/c1-69(2,3)53-34-36-62(56(43-53)50-27-17-12-18-28-50)76-65-47-59-58(70(4,5)39-40-71(59,6)7)46-61(65)74-60-35-33-52(49-25-15-11-16-26-49)42-64(60)75(54-30-21-29-51(41-54)48-23-13-10-14-24-48)66-44-55(45-67(76)68(66)74)77-63-32-20-19-31-57(63)72(8)37-22-38-73(72,77)9/h10-21,23-36,41-47H,22,37-40H2,1-9H3. The molecule has 3 heterocycles. The van der Waals surface area contributed by atoms with Crippen molar-refractivity contribution >= 4 is 68.6 Å². The van der Waals surface area contributed by atoms with Gasteiger partial charge in [-0.1, -0.05) is 207 Å². The van der Waals surface area contributed by atoms with Gasteiger partial charge < -0.3 is 14.7 Å². The van der Waals surface area contributed by atoms with E-state index < -0.39 is 0 Å². The third-order valence-electron chi connectivity index (χ3n) is 19.6. The van der Waals surface area contributed by atoms with Crippen molar-refractivity contribution < 1.29 is 0 Å². The van der Waals surface area contributed by atoms with Crippen LogP contribution in [0.5, 0.6) is 0 Å². The summed E-state index contributed by atoms with van der Waals surface area (Å²) in [6, 6.07) is 77.2. The van der Waals surface area contributed by atoms with Crippen LogP contribution < -0.4 is 31.1 Å². The molecule has 3 nitrogen and oxygen atoms in total. The molecule has 9 aromatic rings. The predicted octanol–water partition coefficient (Wildman–Crippen LogP) is 17.8. The minimum absolute atomic E-state index is 0.00628. The smallest absolute Gasteiger partial charge is 0.252 e. The van der Waals surface area contributed by atoms with Crippen LogP contribution in [0.1, 0.15) is 117 Å². The third-order valence-corrected chi connectivity index (χ3v) is 19.6. The highest BCUT2D eigenvalue weighted by atomic mass is 15.3. The molecule has 1 saturated carbocycles. The molecule has 0 spiro atoms. The zero-order chi connectivity index (χ0) is 52.8. The molecule has 3 aliphatic heterocycles. The summed E-state index contributed by atoms with van der Waals surface area (Å²) in [5.41, 5.74) is 26.9. The second-order valence-electron chi connectivity index (χ2n) is 25.9. The second-order valence-corrected chi connectivity index (χ2v) is 25.9. The number of anilines is 8. The van der Waals surface area contributed by atoms with Gasteiger partial charge in [-0.25, -0.2) is 0 Å². The Balaban J connectivity index is 1.15. The highest BCUT2D eigenvalue weighted by Crippen LogP contribution is 2.63. The largest absolute Gasteiger partial charge is 0.334 e. The first kappa shape index (κ1) is 47.9. The van der Waals surface area contributed by atoms with Crippen molar-refractivity contribution in [1.82, 2.24) is 0 Å². The zero-order valence-corrected chi connectivity index (χ0v) is 46.5. The molecule has 14 rings (SSSR count). The van der Waals surface area contributed by atoms with Crippen LogP contribution in [-0.4, -0.2) is 12.3 Å². The van der Waals surface area contributed by atoms with Gasteiger partial charge in [0.2, 0.25) is 0 Å². The van der Waals surface area contributed by atoms with E-state index in [1.165, 1.54) is 125 Å². The van der Waals surface area contributed by atoms with Crippen molar-refractivity contribution in [2.24, 2.45) is 0 Å². The van der Waals surface area contributed by atoms with Gasteiger partial charge in [-0.15, -0.1) is 0 Å². The minimum Gasteiger partial charge on any atom is -0.334 e. The van der Waals surface area contributed by atoms with E-state index in [2.05, 4.69) is 277 Å². The second kappa shape index (κ2) is 17.0. The van der Waals surface area contributed by atoms with Crippen molar-refractivity contribution in [2.75, 3.05) is 14.7 Å². The van der Waals surface area contributed by atoms with Crippen molar-refractivity contribution in [1.29, 1.82) is 0 Å². The summed E-state index contributed by atoms with van der Waals surface area (Å²) in [7, 11) is 0. The summed E-state index contributed by atoms with van der Waals surface area (Å²) in [5.74, 6) is 0. The highest BCUT2D eigenvalue weighted by Gasteiger charge is 2.60. The molecule has 0 N–H and O–H groups in total. The Bertz CT molecular complexity index is 3830. The van der Waals surface area contributed by atoms with E-state index in [9.17, 15) is 0 Å². The summed E-state index contributed by atoms with van der Waals surface area (Å²) >= 11 is 0. The lowest BCUT2D eigenvalue weighted by Crippen LogP contribution is -2.62. The Morgan fingerprint density at radius 1 is 0.390 bits per heavy atom. The molecule has 0 radical (unpaired) electrons. The molecule has 0 bridgehead atoms. The van der Waals surface area contributed by atoms with E-state index in [4.69, 9.17) is 0 Å². The molecule has 77 heavy (non-hydrogen) atoms. The maximum Gasteiger partial charge on any atom is 0.252 e. The molecule has 5 aliphatic rings. The van der Waals surface area contributed by atoms with Crippen molar-refractivity contribution in [3.63, 3.8) is 0 Å². The molecule has 0 saturated heterocycles. The molecule has 0 aromatic heterocycles. The molecule has 2 aliphatic carbocycles. The van der Waals surface area contributed by atoms with Gasteiger partial charge in [-0.3, -0.25) is 0 Å². The Morgan fingerprint density at radius 2 is 0.974 bits per heavy atom. The van der Waals surface area contributed by atoms with Crippen LogP contribution >= 0.6 is 0 Å². The zero-order valence-electron chi connectivity index (χ0n) is 46.5. The number of hydrogen-bond donors (Lipinski definition) is 0. The van der Waals surface area contributed by atoms with E-state index in [0.29, 0.717) is 0 Å². The summed E-state index contributed by atoms with van der Waals surface area (Å²) in [5, 5.41) is 0.